The highest BCUT2D eigenvalue weighted by Gasteiger charge is 2.30. The fourth-order valence-electron chi connectivity index (χ4n) is 5.00. The predicted molar refractivity (Wildman–Crippen MR) is 134 cm³/mol. The van der Waals surface area contributed by atoms with Crippen LogP contribution in [0.25, 0.3) is 10.9 Å². The number of ether oxygens (including phenoxy) is 1. The van der Waals surface area contributed by atoms with Gasteiger partial charge in [-0.3, -0.25) is 4.79 Å². The number of anilines is 1. The average Bonchev–Trinajstić information content (AvgIpc) is 3.39. The maximum Gasteiger partial charge on any atom is 0.262 e. The highest BCUT2D eigenvalue weighted by molar-refractivity contribution is 6.30. The summed E-state index contributed by atoms with van der Waals surface area (Å²) >= 11 is 5.74. The molecule has 3 aromatic rings. The Morgan fingerprint density at radius 1 is 1.23 bits per heavy atom. The molecule has 0 aliphatic carbocycles. The van der Waals surface area contributed by atoms with Gasteiger partial charge in [0.1, 0.15) is 5.82 Å². The first-order valence-electron chi connectivity index (χ1n) is 12.1. The molecule has 2 aliphatic heterocycles. The molecule has 3 heterocycles. The van der Waals surface area contributed by atoms with Crippen molar-refractivity contribution >= 4 is 34.1 Å². The summed E-state index contributed by atoms with van der Waals surface area (Å²) in [5.74, 6) is -0.204. The minimum atomic E-state index is -0.612. The summed E-state index contributed by atoms with van der Waals surface area (Å²) in [6.07, 6.45) is 4.78. The van der Waals surface area contributed by atoms with E-state index in [0.29, 0.717) is 11.7 Å². The van der Waals surface area contributed by atoms with Gasteiger partial charge in [0.2, 0.25) is 0 Å². The summed E-state index contributed by atoms with van der Waals surface area (Å²) in [4.78, 5) is 24.6. The normalized spacial score (nSPS) is 20.8. The molecule has 0 bridgehead atoms. The van der Waals surface area contributed by atoms with E-state index in [9.17, 15) is 9.18 Å². The lowest BCUT2D eigenvalue weighted by Gasteiger charge is -2.35. The molecule has 2 aromatic carbocycles. The van der Waals surface area contributed by atoms with Crippen LogP contribution in [0.1, 0.15) is 43.2 Å². The van der Waals surface area contributed by atoms with Crippen LogP contribution in [0.5, 0.6) is 5.75 Å². The summed E-state index contributed by atoms with van der Waals surface area (Å²) in [5.41, 5.74) is 2.31. The Kier molecular flexibility index (Phi) is 7.13. The van der Waals surface area contributed by atoms with Gasteiger partial charge in [-0.2, -0.15) is 0 Å². The molecule has 1 aromatic heterocycles. The van der Waals surface area contributed by atoms with Gasteiger partial charge in [-0.1, -0.05) is 11.6 Å². The van der Waals surface area contributed by atoms with Gasteiger partial charge < -0.3 is 20.3 Å². The van der Waals surface area contributed by atoms with Gasteiger partial charge in [0.15, 0.2) is 18.2 Å². The van der Waals surface area contributed by atoms with E-state index in [1.165, 1.54) is 44.5 Å². The number of hydrogen-bond acceptors (Lipinski definition) is 6. The van der Waals surface area contributed by atoms with E-state index in [1.54, 1.807) is 6.07 Å². The number of aromatic nitrogens is 2. The second kappa shape index (κ2) is 10.4. The van der Waals surface area contributed by atoms with E-state index in [2.05, 4.69) is 15.5 Å². The van der Waals surface area contributed by atoms with Crippen LogP contribution in [0, 0.1) is 12.7 Å². The number of fused-ring (bicyclic) bond motifs is 1. The van der Waals surface area contributed by atoms with Crippen molar-refractivity contribution in [2.24, 2.45) is 0 Å². The number of aryl methyl sites for hydroxylation is 1. The Balaban J connectivity index is 1.25. The summed E-state index contributed by atoms with van der Waals surface area (Å²) in [6, 6.07) is 10.3. The first kappa shape index (κ1) is 23.9. The molecule has 0 radical (unpaired) electrons. The van der Waals surface area contributed by atoms with Gasteiger partial charge in [-0.25, -0.2) is 14.4 Å². The number of carbonyl (C=O) groups excluding carboxylic acids is 1. The van der Waals surface area contributed by atoms with E-state index >= 15 is 0 Å². The van der Waals surface area contributed by atoms with E-state index in [0.717, 1.165) is 41.5 Å². The van der Waals surface area contributed by atoms with Crippen LogP contribution in [0.2, 0.25) is 5.02 Å². The number of benzene rings is 2. The second-order valence-corrected chi connectivity index (χ2v) is 9.68. The minimum absolute atomic E-state index is 0.0249. The standard InChI is InChI=1S/C26H29ClFN5O2/c1-16-20-13-18(31-25(34)15-35-24-7-4-17(27)12-21(24)28)5-6-22(20)32-26(30-16)23-14-19(8-9-29-23)33-10-2-3-11-33/h4-7,12-13,19,23,29H,2-3,8-11,14-15H2,1H3,(H,31,34). The van der Waals surface area contributed by atoms with Gasteiger partial charge in [0, 0.05) is 27.8 Å². The molecule has 2 atom stereocenters. The molecule has 7 nitrogen and oxygen atoms in total. The number of rotatable bonds is 6. The van der Waals surface area contributed by atoms with Crippen molar-refractivity contribution < 1.29 is 13.9 Å². The van der Waals surface area contributed by atoms with Crippen LogP contribution in [0.15, 0.2) is 36.4 Å². The quantitative estimate of drug-likeness (QED) is 0.516. The molecule has 184 valence electrons. The Labute approximate surface area is 209 Å². The van der Waals surface area contributed by atoms with Crippen molar-refractivity contribution in [1.82, 2.24) is 20.2 Å². The molecule has 2 unspecified atom stereocenters. The lowest BCUT2D eigenvalue weighted by atomic mass is 9.97. The Morgan fingerprint density at radius 3 is 2.86 bits per heavy atom. The largest absolute Gasteiger partial charge is 0.481 e. The van der Waals surface area contributed by atoms with Gasteiger partial charge in [-0.05, 0) is 88.6 Å². The zero-order chi connectivity index (χ0) is 24.4. The number of carbonyl (C=O) groups is 1. The predicted octanol–water partition coefficient (Wildman–Crippen LogP) is 4.64. The highest BCUT2D eigenvalue weighted by atomic mass is 35.5. The summed E-state index contributed by atoms with van der Waals surface area (Å²) in [5, 5.41) is 7.53. The van der Waals surface area contributed by atoms with Gasteiger partial charge in [-0.15, -0.1) is 0 Å². The van der Waals surface area contributed by atoms with E-state index in [4.69, 9.17) is 26.3 Å². The van der Waals surface area contributed by atoms with Crippen LogP contribution < -0.4 is 15.4 Å². The third-order valence-electron chi connectivity index (χ3n) is 6.78. The third kappa shape index (κ3) is 5.55. The first-order chi connectivity index (χ1) is 17.0. The van der Waals surface area contributed by atoms with Gasteiger partial charge in [0.05, 0.1) is 11.6 Å². The van der Waals surface area contributed by atoms with Crippen molar-refractivity contribution in [3.05, 3.63) is 58.8 Å². The van der Waals surface area contributed by atoms with E-state index < -0.39 is 11.7 Å². The molecule has 1 amide bonds. The number of hydrogen-bond donors (Lipinski definition) is 2. The topological polar surface area (TPSA) is 79.4 Å². The molecule has 2 saturated heterocycles. The fraction of sp³-hybridized carbons (Fsp3) is 0.423. The lowest BCUT2D eigenvalue weighted by molar-refractivity contribution is -0.118. The number of amides is 1. The van der Waals surface area contributed by atoms with Crippen molar-refractivity contribution in [2.45, 2.75) is 44.7 Å². The Bertz CT molecular complexity index is 1230. The van der Waals surface area contributed by atoms with Crippen LogP contribution in [-0.2, 0) is 4.79 Å². The molecule has 9 heteroatoms. The molecule has 2 fully saturated rings. The van der Waals surface area contributed by atoms with Gasteiger partial charge >= 0.3 is 0 Å². The summed E-state index contributed by atoms with van der Waals surface area (Å²) in [6.45, 7) is 5.01. The zero-order valence-corrected chi connectivity index (χ0v) is 20.4. The molecule has 5 rings (SSSR count). The molecule has 2 aliphatic rings. The molecular formula is C26H29ClFN5O2. The minimum Gasteiger partial charge on any atom is -0.481 e. The zero-order valence-electron chi connectivity index (χ0n) is 19.7. The summed E-state index contributed by atoms with van der Waals surface area (Å²) in [7, 11) is 0. The first-order valence-corrected chi connectivity index (χ1v) is 12.5. The van der Waals surface area contributed by atoms with E-state index in [-0.39, 0.29) is 23.4 Å². The van der Waals surface area contributed by atoms with Crippen molar-refractivity contribution in [1.29, 1.82) is 0 Å². The number of likely N-dealkylation sites (tertiary alicyclic amines) is 1. The number of piperidine rings is 1. The lowest BCUT2D eigenvalue weighted by Crippen LogP contribution is -2.43. The maximum absolute atomic E-state index is 13.9. The summed E-state index contributed by atoms with van der Waals surface area (Å²) < 4.78 is 19.1. The van der Waals surface area contributed by atoms with E-state index in [1.807, 2.05) is 19.1 Å². The molecule has 0 spiro atoms. The van der Waals surface area contributed by atoms with Crippen LogP contribution >= 0.6 is 11.6 Å². The molecular weight excluding hydrogens is 469 g/mol. The molecule has 0 saturated carbocycles. The van der Waals surface area contributed by atoms with Gasteiger partial charge in [0.25, 0.3) is 5.91 Å². The smallest absolute Gasteiger partial charge is 0.262 e. The SMILES string of the molecule is Cc1nc(C2CC(N3CCCC3)CCN2)nc2ccc(NC(=O)COc3ccc(Cl)cc3F)cc12. The average molecular weight is 498 g/mol. The van der Waals surface area contributed by atoms with Crippen molar-refractivity contribution in [2.75, 3.05) is 31.6 Å². The van der Waals surface area contributed by atoms with Crippen LogP contribution in [0.4, 0.5) is 10.1 Å². The van der Waals surface area contributed by atoms with Crippen molar-refractivity contribution in [3.63, 3.8) is 0 Å². The Morgan fingerprint density at radius 2 is 2.06 bits per heavy atom. The number of nitrogens with zero attached hydrogens (tertiary/aromatic N) is 3. The molecule has 2 N–H and O–H groups in total. The fourth-order valence-corrected chi connectivity index (χ4v) is 5.16. The monoisotopic (exact) mass is 497 g/mol. The van der Waals surface area contributed by atoms with Crippen LogP contribution in [0.3, 0.4) is 0 Å². The Hall–Kier alpha value is -2.81. The third-order valence-corrected chi connectivity index (χ3v) is 7.02. The highest BCUT2D eigenvalue weighted by Crippen LogP contribution is 2.29. The van der Waals surface area contributed by atoms with Crippen LogP contribution in [-0.4, -0.2) is 53.1 Å². The second-order valence-electron chi connectivity index (χ2n) is 9.24. The van der Waals surface area contributed by atoms with Crippen molar-refractivity contribution in [3.8, 4) is 5.75 Å². The number of halogens is 2. The maximum atomic E-state index is 13.9. The number of nitrogens with one attached hydrogen (secondary N) is 2. The molecule has 35 heavy (non-hydrogen) atoms.